The minimum Gasteiger partial charge on any atom is -0.431 e. The number of nitrogens with one attached hydrogen (secondary N) is 1. The Morgan fingerprint density at radius 2 is 2.24 bits per heavy atom. The number of nitro benzene ring substituents is 1. The molecule has 0 aliphatic heterocycles. The van der Waals surface area contributed by atoms with Gasteiger partial charge in [-0.25, -0.2) is 15.8 Å². The highest BCUT2D eigenvalue weighted by molar-refractivity contribution is 9.10. The second kappa shape index (κ2) is 6.46. The largest absolute Gasteiger partial charge is 0.431 e. The first-order valence-electron chi connectivity index (χ1n) is 5.99. The Hall–Kier alpha value is -2.26. The van der Waals surface area contributed by atoms with Crippen LogP contribution in [-0.4, -0.2) is 14.9 Å². The van der Waals surface area contributed by atoms with Crippen molar-refractivity contribution >= 4 is 27.4 Å². The summed E-state index contributed by atoms with van der Waals surface area (Å²) in [4.78, 5) is 18.5. The lowest BCUT2D eigenvalue weighted by atomic mass is 10.2. The summed E-state index contributed by atoms with van der Waals surface area (Å²) in [6.45, 7) is 1.88. The van der Waals surface area contributed by atoms with E-state index in [2.05, 4.69) is 31.3 Å². The van der Waals surface area contributed by atoms with Crippen molar-refractivity contribution in [2.24, 2.45) is 5.84 Å². The number of nitro groups is 1. The smallest absolute Gasteiger partial charge is 0.312 e. The molecule has 0 spiro atoms. The number of hydrazine groups is 1. The molecule has 0 radical (unpaired) electrons. The average Bonchev–Trinajstić information content (AvgIpc) is 2.48. The van der Waals surface area contributed by atoms with Crippen molar-refractivity contribution in [1.29, 1.82) is 0 Å². The molecular weight excluding hydrogens is 342 g/mol. The van der Waals surface area contributed by atoms with Gasteiger partial charge < -0.3 is 10.2 Å². The third kappa shape index (κ3) is 3.26. The first kappa shape index (κ1) is 15.1. The van der Waals surface area contributed by atoms with E-state index in [4.69, 9.17) is 10.6 Å². The van der Waals surface area contributed by atoms with E-state index in [1.165, 1.54) is 18.5 Å². The molecule has 0 atom stereocenters. The molecule has 0 unspecified atom stereocenters. The predicted molar refractivity (Wildman–Crippen MR) is 80.1 cm³/mol. The van der Waals surface area contributed by atoms with E-state index in [1.54, 1.807) is 6.07 Å². The van der Waals surface area contributed by atoms with Crippen LogP contribution >= 0.6 is 15.9 Å². The average molecular weight is 354 g/mol. The van der Waals surface area contributed by atoms with Gasteiger partial charge in [0.15, 0.2) is 0 Å². The number of hydrogen-bond donors (Lipinski definition) is 2. The van der Waals surface area contributed by atoms with Gasteiger partial charge in [-0.1, -0.05) is 22.9 Å². The van der Waals surface area contributed by atoms with E-state index in [0.717, 1.165) is 0 Å². The van der Waals surface area contributed by atoms with Crippen LogP contribution in [0.2, 0.25) is 0 Å². The number of halogens is 1. The number of rotatable bonds is 5. The maximum atomic E-state index is 11.1. The number of nitrogen functional groups attached to an aromatic ring is 1. The summed E-state index contributed by atoms with van der Waals surface area (Å²) in [5.41, 5.74) is 2.92. The highest BCUT2D eigenvalue weighted by Crippen LogP contribution is 2.35. The van der Waals surface area contributed by atoms with Gasteiger partial charge in [-0.3, -0.25) is 10.1 Å². The Kier molecular flexibility index (Phi) is 4.66. The molecular formula is C12H12BrN5O3. The summed E-state index contributed by atoms with van der Waals surface area (Å²) in [5, 5.41) is 11.1. The number of nitrogens with two attached hydrogens (primary N) is 1. The van der Waals surface area contributed by atoms with E-state index in [9.17, 15) is 10.1 Å². The number of benzene rings is 1. The van der Waals surface area contributed by atoms with Crippen LogP contribution in [0.4, 0.5) is 11.5 Å². The van der Waals surface area contributed by atoms with Gasteiger partial charge in [-0.2, -0.15) is 0 Å². The zero-order valence-electron chi connectivity index (χ0n) is 11.0. The van der Waals surface area contributed by atoms with Crippen molar-refractivity contribution in [1.82, 2.24) is 9.97 Å². The summed E-state index contributed by atoms with van der Waals surface area (Å²) in [6.07, 6.45) is 1.83. The molecule has 21 heavy (non-hydrogen) atoms. The minimum absolute atomic E-state index is 0.0968. The van der Waals surface area contributed by atoms with Gasteiger partial charge in [0, 0.05) is 10.5 Å². The molecule has 110 valence electrons. The van der Waals surface area contributed by atoms with Crippen LogP contribution in [0.25, 0.3) is 0 Å². The first-order chi connectivity index (χ1) is 10.1. The molecule has 1 heterocycles. The molecule has 8 nitrogen and oxygen atoms in total. The summed E-state index contributed by atoms with van der Waals surface area (Å²) < 4.78 is 6.17. The Balaban J connectivity index is 2.46. The van der Waals surface area contributed by atoms with E-state index < -0.39 is 4.92 Å². The van der Waals surface area contributed by atoms with Crippen LogP contribution in [0.1, 0.15) is 12.5 Å². The third-order valence-corrected chi connectivity index (χ3v) is 3.21. The van der Waals surface area contributed by atoms with Gasteiger partial charge in [-0.15, -0.1) is 0 Å². The second-order valence-electron chi connectivity index (χ2n) is 3.98. The molecule has 2 rings (SSSR count). The fraction of sp³-hybridized carbons (Fsp3) is 0.167. The zero-order chi connectivity index (χ0) is 15.4. The topological polar surface area (TPSA) is 116 Å². The normalized spacial score (nSPS) is 10.2. The highest BCUT2D eigenvalue weighted by atomic mass is 79.9. The van der Waals surface area contributed by atoms with Crippen molar-refractivity contribution in [2.45, 2.75) is 13.3 Å². The summed E-state index contributed by atoms with van der Waals surface area (Å²) in [6, 6.07) is 4.51. The molecule has 1 aromatic carbocycles. The first-order valence-corrected chi connectivity index (χ1v) is 6.78. The molecule has 0 amide bonds. The Bertz CT molecular complexity index is 680. The van der Waals surface area contributed by atoms with Crippen LogP contribution < -0.4 is 16.0 Å². The second-order valence-corrected chi connectivity index (χ2v) is 4.89. The van der Waals surface area contributed by atoms with Gasteiger partial charge in [0.2, 0.25) is 11.6 Å². The Morgan fingerprint density at radius 1 is 1.48 bits per heavy atom. The monoisotopic (exact) mass is 353 g/mol. The summed E-state index contributed by atoms with van der Waals surface area (Å²) in [7, 11) is 0. The number of anilines is 1. The third-order valence-electron chi connectivity index (χ3n) is 2.72. The molecule has 0 saturated heterocycles. The lowest BCUT2D eigenvalue weighted by molar-refractivity contribution is -0.385. The van der Waals surface area contributed by atoms with Crippen LogP contribution in [0.3, 0.4) is 0 Å². The minimum atomic E-state index is -0.519. The molecule has 0 aliphatic carbocycles. The molecule has 1 aromatic heterocycles. The highest BCUT2D eigenvalue weighted by Gasteiger charge is 2.19. The fourth-order valence-electron chi connectivity index (χ4n) is 1.75. The Morgan fingerprint density at radius 3 is 2.86 bits per heavy atom. The number of nitrogens with zero attached hydrogens (tertiary/aromatic N) is 3. The maximum absolute atomic E-state index is 11.1. The molecule has 3 N–H and O–H groups in total. The van der Waals surface area contributed by atoms with Crippen LogP contribution in [0.15, 0.2) is 29.0 Å². The quantitative estimate of drug-likeness (QED) is 0.482. The van der Waals surface area contributed by atoms with Gasteiger partial charge in [-0.05, 0) is 18.6 Å². The van der Waals surface area contributed by atoms with E-state index in [-0.39, 0.29) is 17.3 Å². The van der Waals surface area contributed by atoms with E-state index in [0.29, 0.717) is 22.3 Å². The number of ether oxygens (including phenoxy) is 1. The van der Waals surface area contributed by atoms with Gasteiger partial charge in [0.05, 0.1) is 10.5 Å². The van der Waals surface area contributed by atoms with Crippen molar-refractivity contribution in [3.8, 4) is 11.6 Å². The molecule has 9 heteroatoms. The SMILES string of the molecule is CCc1c(NN)ncnc1Oc1ccc(Br)cc1[N+](=O)[O-]. The lowest BCUT2D eigenvalue weighted by Gasteiger charge is -2.11. The molecule has 0 aliphatic rings. The fourth-order valence-corrected chi connectivity index (χ4v) is 2.10. The van der Waals surface area contributed by atoms with Crippen LogP contribution in [0, 0.1) is 10.1 Å². The predicted octanol–water partition coefficient (Wildman–Crippen LogP) is 2.79. The van der Waals surface area contributed by atoms with Crippen molar-refractivity contribution in [2.75, 3.05) is 5.43 Å². The number of aromatic nitrogens is 2. The van der Waals surface area contributed by atoms with Gasteiger partial charge >= 0.3 is 5.69 Å². The van der Waals surface area contributed by atoms with Crippen molar-refractivity contribution in [3.05, 3.63) is 44.7 Å². The molecule has 0 saturated carbocycles. The molecule has 2 aromatic rings. The van der Waals surface area contributed by atoms with Crippen molar-refractivity contribution in [3.63, 3.8) is 0 Å². The summed E-state index contributed by atoms with van der Waals surface area (Å²) in [5.74, 6) is 6.12. The lowest BCUT2D eigenvalue weighted by Crippen LogP contribution is -2.12. The van der Waals surface area contributed by atoms with Crippen LogP contribution in [-0.2, 0) is 6.42 Å². The van der Waals surface area contributed by atoms with E-state index in [1.807, 2.05) is 6.92 Å². The number of hydrogen-bond acceptors (Lipinski definition) is 7. The van der Waals surface area contributed by atoms with E-state index >= 15 is 0 Å². The Labute approximate surface area is 128 Å². The summed E-state index contributed by atoms with van der Waals surface area (Å²) >= 11 is 3.19. The molecule has 0 fully saturated rings. The zero-order valence-corrected chi connectivity index (χ0v) is 12.6. The maximum Gasteiger partial charge on any atom is 0.312 e. The van der Waals surface area contributed by atoms with Gasteiger partial charge in [0.25, 0.3) is 0 Å². The molecule has 0 bridgehead atoms. The van der Waals surface area contributed by atoms with Crippen LogP contribution in [0.5, 0.6) is 11.6 Å². The van der Waals surface area contributed by atoms with Gasteiger partial charge in [0.1, 0.15) is 12.1 Å². The standard InChI is InChI=1S/C12H12BrN5O3/c1-2-8-11(17-14)15-6-16-12(8)21-10-4-3-7(13)5-9(10)18(19)20/h3-6H,2,14H2,1H3,(H,15,16,17). The van der Waals surface area contributed by atoms with Crippen molar-refractivity contribution < 1.29 is 9.66 Å².